The van der Waals surface area contributed by atoms with E-state index < -0.39 is 0 Å². The highest BCUT2D eigenvalue weighted by molar-refractivity contribution is 5.77. The van der Waals surface area contributed by atoms with Crippen molar-refractivity contribution >= 4 is 5.91 Å². The summed E-state index contributed by atoms with van der Waals surface area (Å²) in [4.78, 5) is 11.4. The SMILES string of the molecule is CC(C)C(=O)NCCNC1CCCc2occc21. The normalized spacial score (nSPS) is 18.7. The highest BCUT2D eigenvalue weighted by atomic mass is 16.3. The number of hydrogen-bond donors (Lipinski definition) is 2. The maximum absolute atomic E-state index is 11.4. The van der Waals surface area contributed by atoms with Gasteiger partial charge in [-0.2, -0.15) is 0 Å². The Morgan fingerprint density at radius 1 is 1.50 bits per heavy atom. The van der Waals surface area contributed by atoms with Gasteiger partial charge in [0.05, 0.1) is 6.26 Å². The van der Waals surface area contributed by atoms with Crippen LogP contribution >= 0.6 is 0 Å². The first-order chi connectivity index (χ1) is 8.68. The Morgan fingerprint density at radius 2 is 2.33 bits per heavy atom. The van der Waals surface area contributed by atoms with Crippen LogP contribution in [0.15, 0.2) is 16.7 Å². The lowest BCUT2D eigenvalue weighted by atomic mass is 9.93. The third-order valence-electron chi connectivity index (χ3n) is 3.39. The van der Waals surface area contributed by atoms with E-state index in [1.54, 1.807) is 6.26 Å². The van der Waals surface area contributed by atoms with Gasteiger partial charge in [-0.1, -0.05) is 13.8 Å². The molecule has 18 heavy (non-hydrogen) atoms. The monoisotopic (exact) mass is 250 g/mol. The fraction of sp³-hybridized carbons (Fsp3) is 0.643. The number of furan rings is 1. The lowest BCUT2D eigenvalue weighted by molar-refractivity contribution is -0.123. The quantitative estimate of drug-likeness (QED) is 0.786. The fourth-order valence-corrected chi connectivity index (χ4v) is 2.33. The van der Waals surface area contributed by atoms with E-state index in [0.29, 0.717) is 12.6 Å². The fourth-order valence-electron chi connectivity index (χ4n) is 2.33. The molecule has 1 heterocycles. The highest BCUT2D eigenvalue weighted by Crippen LogP contribution is 2.29. The molecule has 1 aliphatic carbocycles. The van der Waals surface area contributed by atoms with Crippen LogP contribution in [-0.4, -0.2) is 19.0 Å². The number of rotatable bonds is 5. The zero-order valence-corrected chi connectivity index (χ0v) is 11.2. The summed E-state index contributed by atoms with van der Waals surface area (Å²) in [5.74, 6) is 1.29. The number of amides is 1. The van der Waals surface area contributed by atoms with E-state index in [9.17, 15) is 4.79 Å². The molecule has 1 aromatic rings. The molecule has 1 aliphatic rings. The number of nitrogens with one attached hydrogen (secondary N) is 2. The van der Waals surface area contributed by atoms with Gasteiger partial charge in [-0.05, 0) is 18.9 Å². The van der Waals surface area contributed by atoms with Gasteiger partial charge in [0.25, 0.3) is 0 Å². The first-order valence-corrected chi connectivity index (χ1v) is 6.76. The summed E-state index contributed by atoms with van der Waals surface area (Å²) in [5, 5.41) is 6.40. The molecule has 4 heteroatoms. The molecule has 0 aromatic carbocycles. The largest absolute Gasteiger partial charge is 0.469 e. The summed E-state index contributed by atoms with van der Waals surface area (Å²) in [6.07, 6.45) is 5.12. The Hall–Kier alpha value is -1.29. The molecule has 4 nitrogen and oxygen atoms in total. The minimum Gasteiger partial charge on any atom is -0.469 e. The van der Waals surface area contributed by atoms with E-state index in [0.717, 1.165) is 31.6 Å². The van der Waals surface area contributed by atoms with E-state index in [1.165, 1.54) is 5.56 Å². The van der Waals surface area contributed by atoms with E-state index >= 15 is 0 Å². The van der Waals surface area contributed by atoms with Crippen LogP contribution in [0.5, 0.6) is 0 Å². The Bertz CT molecular complexity index is 398. The molecule has 0 saturated carbocycles. The molecule has 2 N–H and O–H groups in total. The van der Waals surface area contributed by atoms with E-state index in [1.807, 2.05) is 13.8 Å². The topological polar surface area (TPSA) is 54.3 Å². The number of aryl methyl sites for hydroxylation is 1. The number of hydrogen-bond acceptors (Lipinski definition) is 3. The Morgan fingerprint density at radius 3 is 3.11 bits per heavy atom. The van der Waals surface area contributed by atoms with Crippen LogP contribution in [0.3, 0.4) is 0 Å². The third kappa shape index (κ3) is 3.13. The zero-order valence-electron chi connectivity index (χ0n) is 11.2. The molecule has 0 aliphatic heterocycles. The van der Waals surface area contributed by atoms with Gasteiger partial charge in [-0.15, -0.1) is 0 Å². The van der Waals surface area contributed by atoms with Crippen LogP contribution < -0.4 is 10.6 Å². The van der Waals surface area contributed by atoms with Gasteiger partial charge in [0, 0.05) is 37.0 Å². The summed E-state index contributed by atoms with van der Waals surface area (Å²) >= 11 is 0. The minimum atomic E-state index is 0.0557. The number of fused-ring (bicyclic) bond motifs is 1. The van der Waals surface area contributed by atoms with Crippen molar-refractivity contribution in [2.75, 3.05) is 13.1 Å². The smallest absolute Gasteiger partial charge is 0.222 e. The van der Waals surface area contributed by atoms with Crippen molar-refractivity contribution in [1.82, 2.24) is 10.6 Å². The van der Waals surface area contributed by atoms with Crippen LogP contribution in [0.25, 0.3) is 0 Å². The summed E-state index contributed by atoms with van der Waals surface area (Å²) in [5.41, 5.74) is 1.29. The van der Waals surface area contributed by atoms with Gasteiger partial charge in [0.2, 0.25) is 5.91 Å². The van der Waals surface area contributed by atoms with Crippen molar-refractivity contribution in [3.8, 4) is 0 Å². The number of carbonyl (C=O) groups excluding carboxylic acids is 1. The van der Waals surface area contributed by atoms with Crippen molar-refractivity contribution in [3.05, 3.63) is 23.7 Å². The molecule has 0 saturated heterocycles. The molecule has 2 rings (SSSR count). The van der Waals surface area contributed by atoms with Crippen LogP contribution in [0.1, 0.15) is 44.1 Å². The minimum absolute atomic E-state index is 0.0557. The van der Waals surface area contributed by atoms with Crippen molar-refractivity contribution in [1.29, 1.82) is 0 Å². The first-order valence-electron chi connectivity index (χ1n) is 6.76. The molecular formula is C14H22N2O2. The van der Waals surface area contributed by atoms with Gasteiger partial charge in [-0.25, -0.2) is 0 Å². The molecule has 1 amide bonds. The first kappa shape index (κ1) is 13.1. The molecule has 0 radical (unpaired) electrons. The Kier molecular flexibility index (Phi) is 4.42. The van der Waals surface area contributed by atoms with E-state index in [4.69, 9.17) is 4.42 Å². The maximum atomic E-state index is 11.4. The van der Waals surface area contributed by atoms with Crippen LogP contribution in [0, 0.1) is 5.92 Å². The maximum Gasteiger partial charge on any atom is 0.222 e. The van der Waals surface area contributed by atoms with E-state index in [-0.39, 0.29) is 11.8 Å². The van der Waals surface area contributed by atoms with Gasteiger partial charge in [0.1, 0.15) is 5.76 Å². The van der Waals surface area contributed by atoms with Crippen LogP contribution in [0.4, 0.5) is 0 Å². The molecule has 0 bridgehead atoms. The predicted molar refractivity (Wildman–Crippen MR) is 70.2 cm³/mol. The van der Waals surface area contributed by atoms with Crippen LogP contribution in [0.2, 0.25) is 0 Å². The van der Waals surface area contributed by atoms with Crippen molar-refractivity contribution in [2.24, 2.45) is 5.92 Å². The molecule has 0 fully saturated rings. The molecule has 1 unspecified atom stereocenters. The second-order valence-corrected chi connectivity index (χ2v) is 5.14. The molecular weight excluding hydrogens is 228 g/mol. The molecule has 0 spiro atoms. The highest BCUT2D eigenvalue weighted by Gasteiger charge is 2.21. The van der Waals surface area contributed by atoms with Crippen molar-refractivity contribution in [2.45, 2.75) is 39.2 Å². The van der Waals surface area contributed by atoms with Gasteiger partial charge in [-0.3, -0.25) is 4.79 Å². The zero-order chi connectivity index (χ0) is 13.0. The predicted octanol–water partition coefficient (Wildman–Crippen LogP) is 2.02. The average molecular weight is 250 g/mol. The lowest BCUT2D eigenvalue weighted by Crippen LogP contribution is -2.36. The lowest BCUT2D eigenvalue weighted by Gasteiger charge is -2.23. The van der Waals surface area contributed by atoms with Gasteiger partial charge in [0.15, 0.2) is 0 Å². The molecule has 1 atom stereocenters. The summed E-state index contributed by atoms with van der Waals surface area (Å²) < 4.78 is 5.45. The number of carbonyl (C=O) groups is 1. The Labute approximate surface area is 108 Å². The Balaban J connectivity index is 1.74. The van der Waals surface area contributed by atoms with Crippen LogP contribution in [-0.2, 0) is 11.2 Å². The van der Waals surface area contributed by atoms with E-state index in [2.05, 4.69) is 16.7 Å². The summed E-state index contributed by atoms with van der Waals surface area (Å²) in [6.45, 7) is 5.29. The molecule has 1 aromatic heterocycles. The summed E-state index contributed by atoms with van der Waals surface area (Å²) in [6, 6.07) is 2.43. The standard InChI is InChI=1S/C14H22N2O2/c1-10(2)14(17)16-8-7-15-12-4-3-5-13-11(12)6-9-18-13/h6,9-10,12,15H,3-5,7-8H2,1-2H3,(H,16,17). The van der Waals surface area contributed by atoms with Gasteiger partial charge < -0.3 is 15.1 Å². The second-order valence-electron chi connectivity index (χ2n) is 5.14. The third-order valence-corrected chi connectivity index (χ3v) is 3.39. The molecule has 100 valence electrons. The van der Waals surface area contributed by atoms with Gasteiger partial charge >= 0.3 is 0 Å². The second kappa shape index (κ2) is 6.05. The summed E-state index contributed by atoms with van der Waals surface area (Å²) in [7, 11) is 0. The van der Waals surface area contributed by atoms with Crippen molar-refractivity contribution < 1.29 is 9.21 Å². The van der Waals surface area contributed by atoms with Crippen molar-refractivity contribution in [3.63, 3.8) is 0 Å². The average Bonchev–Trinajstić information content (AvgIpc) is 2.83.